The second kappa shape index (κ2) is 6.63. The lowest BCUT2D eigenvalue weighted by Gasteiger charge is -2.02. The SMILES string of the molecule is Cc1ccc(-c2cn3c(CCNCc4ccco4)csc3n2)cc1. The first-order valence-electron chi connectivity index (χ1n) is 8.05. The van der Waals surface area contributed by atoms with Crippen LogP contribution in [-0.2, 0) is 13.0 Å². The zero-order valence-electron chi connectivity index (χ0n) is 13.5. The molecule has 0 unspecified atom stereocenters. The van der Waals surface area contributed by atoms with Crippen LogP contribution in [0.4, 0.5) is 0 Å². The summed E-state index contributed by atoms with van der Waals surface area (Å²) in [5, 5.41) is 5.60. The van der Waals surface area contributed by atoms with Crippen molar-refractivity contribution in [3.05, 3.63) is 71.3 Å². The van der Waals surface area contributed by atoms with Crippen LogP contribution in [0.1, 0.15) is 17.0 Å². The number of hydrogen-bond acceptors (Lipinski definition) is 4. The number of imidazole rings is 1. The fraction of sp³-hybridized carbons (Fsp3) is 0.211. The molecule has 5 heteroatoms. The fourth-order valence-corrected chi connectivity index (χ4v) is 3.62. The van der Waals surface area contributed by atoms with Gasteiger partial charge in [0.15, 0.2) is 4.96 Å². The van der Waals surface area contributed by atoms with Crippen molar-refractivity contribution in [2.24, 2.45) is 0 Å². The predicted octanol–water partition coefficient (Wildman–Crippen LogP) is 4.30. The molecule has 4 rings (SSSR count). The van der Waals surface area contributed by atoms with Crippen molar-refractivity contribution in [2.75, 3.05) is 6.54 Å². The molecule has 0 aliphatic carbocycles. The van der Waals surface area contributed by atoms with E-state index in [-0.39, 0.29) is 0 Å². The van der Waals surface area contributed by atoms with Crippen molar-refractivity contribution in [2.45, 2.75) is 19.9 Å². The van der Waals surface area contributed by atoms with Crippen molar-refractivity contribution >= 4 is 16.3 Å². The highest BCUT2D eigenvalue weighted by Crippen LogP contribution is 2.24. The third-order valence-corrected chi connectivity index (χ3v) is 4.96. The Morgan fingerprint density at radius 2 is 2.08 bits per heavy atom. The highest BCUT2D eigenvalue weighted by Gasteiger charge is 2.09. The lowest BCUT2D eigenvalue weighted by molar-refractivity contribution is 0.483. The Morgan fingerprint density at radius 1 is 1.21 bits per heavy atom. The minimum atomic E-state index is 0.763. The van der Waals surface area contributed by atoms with E-state index in [1.165, 1.54) is 16.8 Å². The van der Waals surface area contributed by atoms with Crippen molar-refractivity contribution in [1.82, 2.24) is 14.7 Å². The fourth-order valence-electron chi connectivity index (χ4n) is 2.71. The maximum Gasteiger partial charge on any atom is 0.194 e. The molecule has 1 N–H and O–H groups in total. The van der Waals surface area contributed by atoms with Gasteiger partial charge in [-0.2, -0.15) is 0 Å². The molecule has 0 aliphatic rings. The molecule has 122 valence electrons. The van der Waals surface area contributed by atoms with E-state index in [4.69, 9.17) is 9.40 Å². The Labute approximate surface area is 144 Å². The van der Waals surface area contributed by atoms with E-state index in [9.17, 15) is 0 Å². The average molecular weight is 337 g/mol. The van der Waals surface area contributed by atoms with Crippen molar-refractivity contribution in [3.63, 3.8) is 0 Å². The summed E-state index contributed by atoms with van der Waals surface area (Å²) in [4.78, 5) is 5.80. The van der Waals surface area contributed by atoms with E-state index < -0.39 is 0 Å². The molecule has 3 heterocycles. The van der Waals surface area contributed by atoms with E-state index in [1.54, 1.807) is 17.6 Å². The molecule has 24 heavy (non-hydrogen) atoms. The van der Waals surface area contributed by atoms with Crippen LogP contribution in [0, 0.1) is 6.92 Å². The number of aromatic nitrogens is 2. The Hall–Kier alpha value is -2.37. The molecule has 0 spiro atoms. The molecule has 0 aliphatic heterocycles. The molecule has 0 saturated carbocycles. The van der Waals surface area contributed by atoms with Crippen LogP contribution in [0.15, 0.2) is 58.7 Å². The number of nitrogens with one attached hydrogen (secondary N) is 1. The second-order valence-corrected chi connectivity index (χ2v) is 6.71. The number of benzene rings is 1. The van der Waals surface area contributed by atoms with Gasteiger partial charge in [-0.05, 0) is 19.1 Å². The summed E-state index contributed by atoms with van der Waals surface area (Å²) in [6.45, 7) is 3.77. The molecular weight excluding hydrogens is 318 g/mol. The van der Waals surface area contributed by atoms with Crippen LogP contribution >= 0.6 is 11.3 Å². The Kier molecular flexibility index (Phi) is 4.19. The van der Waals surface area contributed by atoms with Gasteiger partial charge in [-0.15, -0.1) is 11.3 Å². The molecule has 0 radical (unpaired) electrons. The van der Waals surface area contributed by atoms with Gasteiger partial charge in [0, 0.05) is 35.8 Å². The zero-order chi connectivity index (χ0) is 16.4. The highest BCUT2D eigenvalue weighted by atomic mass is 32.1. The molecule has 0 fully saturated rings. The second-order valence-electron chi connectivity index (χ2n) is 5.88. The number of furan rings is 1. The maximum absolute atomic E-state index is 5.33. The first-order valence-corrected chi connectivity index (χ1v) is 8.93. The summed E-state index contributed by atoms with van der Waals surface area (Å²) in [6, 6.07) is 12.4. The quantitative estimate of drug-likeness (QED) is 0.534. The first kappa shape index (κ1) is 15.2. The summed E-state index contributed by atoms with van der Waals surface area (Å²) in [7, 11) is 0. The molecule has 3 aromatic heterocycles. The Bertz CT molecular complexity index is 920. The molecule has 4 nitrogen and oxygen atoms in total. The smallest absolute Gasteiger partial charge is 0.194 e. The number of fused-ring (bicyclic) bond motifs is 1. The van der Waals surface area contributed by atoms with E-state index in [0.717, 1.165) is 35.9 Å². The number of nitrogens with zero attached hydrogens (tertiary/aromatic N) is 2. The lowest BCUT2D eigenvalue weighted by atomic mass is 10.1. The lowest BCUT2D eigenvalue weighted by Crippen LogP contribution is -2.16. The average Bonchev–Trinajstić information content (AvgIpc) is 3.30. The number of thiazole rings is 1. The summed E-state index contributed by atoms with van der Waals surface area (Å²) < 4.78 is 7.53. The van der Waals surface area contributed by atoms with Gasteiger partial charge in [-0.25, -0.2) is 4.98 Å². The third-order valence-electron chi connectivity index (χ3n) is 4.07. The van der Waals surface area contributed by atoms with Crippen molar-refractivity contribution in [1.29, 1.82) is 0 Å². The number of aryl methyl sites for hydroxylation is 1. The third kappa shape index (κ3) is 3.13. The van der Waals surface area contributed by atoms with E-state index >= 15 is 0 Å². The highest BCUT2D eigenvalue weighted by molar-refractivity contribution is 7.15. The topological polar surface area (TPSA) is 42.5 Å². The van der Waals surface area contributed by atoms with Gasteiger partial charge in [0.2, 0.25) is 0 Å². The first-order chi connectivity index (χ1) is 11.8. The molecule has 1 aromatic carbocycles. The van der Waals surface area contributed by atoms with E-state index in [1.807, 2.05) is 12.1 Å². The molecule has 0 bridgehead atoms. The summed E-state index contributed by atoms with van der Waals surface area (Å²) >= 11 is 1.69. The van der Waals surface area contributed by atoms with Gasteiger partial charge >= 0.3 is 0 Å². The van der Waals surface area contributed by atoms with E-state index in [2.05, 4.69) is 52.5 Å². The van der Waals surface area contributed by atoms with Gasteiger partial charge in [-0.3, -0.25) is 4.40 Å². The van der Waals surface area contributed by atoms with Crippen LogP contribution in [-0.4, -0.2) is 15.9 Å². The minimum Gasteiger partial charge on any atom is -0.468 e. The molecular formula is C19H19N3OS. The summed E-state index contributed by atoms with van der Waals surface area (Å²) in [6.07, 6.45) is 4.81. The Morgan fingerprint density at radius 3 is 2.88 bits per heavy atom. The monoisotopic (exact) mass is 337 g/mol. The van der Waals surface area contributed by atoms with Crippen LogP contribution < -0.4 is 5.32 Å². The molecule has 0 saturated heterocycles. The van der Waals surface area contributed by atoms with Gasteiger partial charge in [0.1, 0.15) is 5.76 Å². The zero-order valence-corrected chi connectivity index (χ0v) is 14.3. The molecule has 0 atom stereocenters. The molecule has 0 amide bonds. The van der Waals surface area contributed by atoms with Gasteiger partial charge in [-0.1, -0.05) is 29.8 Å². The largest absolute Gasteiger partial charge is 0.468 e. The van der Waals surface area contributed by atoms with Crippen LogP contribution in [0.3, 0.4) is 0 Å². The van der Waals surface area contributed by atoms with Crippen LogP contribution in [0.25, 0.3) is 16.2 Å². The normalized spacial score (nSPS) is 11.4. The molecule has 4 aromatic rings. The predicted molar refractivity (Wildman–Crippen MR) is 97.4 cm³/mol. The maximum atomic E-state index is 5.33. The standard InChI is InChI=1S/C19H19N3OS/c1-14-4-6-15(7-5-14)18-12-22-16(13-24-19(22)21-18)8-9-20-11-17-3-2-10-23-17/h2-7,10,12-13,20H,8-9,11H2,1H3. The summed E-state index contributed by atoms with van der Waals surface area (Å²) in [5.41, 5.74) is 4.75. The summed E-state index contributed by atoms with van der Waals surface area (Å²) in [5.74, 6) is 0.967. The van der Waals surface area contributed by atoms with E-state index in [0.29, 0.717) is 0 Å². The minimum absolute atomic E-state index is 0.763. The number of rotatable bonds is 6. The van der Waals surface area contributed by atoms with Gasteiger partial charge in [0.05, 0.1) is 18.5 Å². The number of hydrogen-bond donors (Lipinski definition) is 1. The van der Waals surface area contributed by atoms with Crippen LogP contribution in [0.2, 0.25) is 0 Å². The van der Waals surface area contributed by atoms with Crippen LogP contribution in [0.5, 0.6) is 0 Å². The Balaban J connectivity index is 1.45. The van der Waals surface area contributed by atoms with Crippen molar-refractivity contribution < 1.29 is 4.42 Å². The van der Waals surface area contributed by atoms with Gasteiger partial charge < -0.3 is 9.73 Å². The van der Waals surface area contributed by atoms with Crippen molar-refractivity contribution in [3.8, 4) is 11.3 Å². The van der Waals surface area contributed by atoms with Gasteiger partial charge in [0.25, 0.3) is 0 Å².